The third-order valence-electron chi connectivity index (χ3n) is 5.53. The molecule has 2 saturated carbocycles. The van der Waals surface area contributed by atoms with Gasteiger partial charge in [-0.25, -0.2) is 0 Å². The van der Waals surface area contributed by atoms with Crippen LogP contribution in [0.5, 0.6) is 0 Å². The topological polar surface area (TPSA) is 66.9 Å². The van der Waals surface area contributed by atoms with Gasteiger partial charge in [0.25, 0.3) is 0 Å². The number of aromatic nitrogens is 2. The highest BCUT2D eigenvalue weighted by Gasteiger charge is 2.44. The van der Waals surface area contributed by atoms with Gasteiger partial charge < -0.3 is 10.6 Å². The third-order valence-corrected chi connectivity index (χ3v) is 7.52. The average molecular weight is 403 g/mol. The van der Waals surface area contributed by atoms with E-state index in [1.54, 1.807) is 11.3 Å². The summed E-state index contributed by atoms with van der Waals surface area (Å²) in [4.78, 5) is 12.3. The molecule has 2 aliphatic carbocycles. The molecule has 0 saturated heterocycles. The standard InChI is InChI=1S/C20H26N4OS2/c25-17(21-14-20(11-12-20)15-7-3-1-4-8-15)13-26-19-24-23-18(27-19)22-16-9-5-2-6-10-16/h1,3-4,7-8,16H,2,5-6,9-14H2,(H,21,25)(H,22,23). The molecule has 4 rings (SSSR count). The Balaban J connectivity index is 1.21. The second-order valence-corrected chi connectivity index (χ2v) is 9.76. The van der Waals surface area contributed by atoms with Gasteiger partial charge in [0.05, 0.1) is 5.75 Å². The Bertz CT molecular complexity index is 754. The van der Waals surface area contributed by atoms with E-state index in [1.165, 1.54) is 49.4 Å². The van der Waals surface area contributed by atoms with Gasteiger partial charge in [-0.15, -0.1) is 10.2 Å². The van der Waals surface area contributed by atoms with Crippen molar-refractivity contribution in [2.24, 2.45) is 0 Å². The lowest BCUT2D eigenvalue weighted by molar-refractivity contribution is -0.118. The number of nitrogens with one attached hydrogen (secondary N) is 2. The molecule has 0 spiro atoms. The first-order valence-electron chi connectivity index (χ1n) is 9.79. The quantitative estimate of drug-likeness (QED) is 0.647. The molecule has 2 N–H and O–H groups in total. The summed E-state index contributed by atoms with van der Waals surface area (Å²) in [6.07, 6.45) is 8.66. The smallest absolute Gasteiger partial charge is 0.230 e. The van der Waals surface area contributed by atoms with E-state index >= 15 is 0 Å². The van der Waals surface area contributed by atoms with Gasteiger partial charge in [-0.2, -0.15) is 0 Å². The SMILES string of the molecule is O=C(CSc1nnc(NC2CCCCC2)s1)NCC1(c2ccccc2)CC1. The molecule has 2 aliphatic rings. The minimum absolute atomic E-state index is 0.0687. The Morgan fingerprint density at radius 3 is 2.67 bits per heavy atom. The van der Waals surface area contributed by atoms with Crippen LogP contribution in [0.15, 0.2) is 34.7 Å². The summed E-state index contributed by atoms with van der Waals surface area (Å²) in [5, 5.41) is 15.9. The fraction of sp³-hybridized carbons (Fsp3) is 0.550. The van der Waals surface area contributed by atoms with Crippen LogP contribution in [0.1, 0.15) is 50.5 Å². The number of anilines is 1. The first kappa shape index (κ1) is 18.7. The molecular formula is C20H26N4OS2. The number of rotatable bonds is 8. The van der Waals surface area contributed by atoms with E-state index < -0.39 is 0 Å². The second kappa shape index (κ2) is 8.61. The molecule has 1 amide bonds. The molecule has 1 aromatic carbocycles. The van der Waals surface area contributed by atoms with E-state index in [-0.39, 0.29) is 11.3 Å². The molecular weight excluding hydrogens is 376 g/mol. The van der Waals surface area contributed by atoms with E-state index in [1.807, 2.05) is 6.07 Å². The van der Waals surface area contributed by atoms with E-state index in [4.69, 9.17) is 0 Å². The van der Waals surface area contributed by atoms with Gasteiger partial charge in [-0.05, 0) is 31.2 Å². The minimum Gasteiger partial charge on any atom is -0.357 e. The van der Waals surface area contributed by atoms with Gasteiger partial charge >= 0.3 is 0 Å². The zero-order valence-corrected chi connectivity index (χ0v) is 17.1. The molecule has 7 heteroatoms. The van der Waals surface area contributed by atoms with Crippen molar-refractivity contribution in [2.75, 3.05) is 17.6 Å². The first-order chi connectivity index (χ1) is 13.2. The van der Waals surface area contributed by atoms with Crippen molar-refractivity contribution < 1.29 is 4.79 Å². The summed E-state index contributed by atoms with van der Waals surface area (Å²) in [7, 11) is 0. The van der Waals surface area contributed by atoms with Gasteiger partial charge in [-0.1, -0.05) is 72.7 Å². The Kier molecular flexibility index (Phi) is 5.98. The molecule has 5 nitrogen and oxygen atoms in total. The lowest BCUT2D eigenvalue weighted by Gasteiger charge is -2.21. The van der Waals surface area contributed by atoms with E-state index in [0.29, 0.717) is 11.8 Å². The fourth-order valence-electron chi connectivity index (χ4n) is 3.70. The molecule has 1 aromatic heterocycles. The normalized spacial score (nSPS) is 18.8. The third kappa shape index (κ3) is 5.02. The Morgan fingerprint density at radius 2 is 1.93 bits per heavy atom. The number of hydrogen-bond donors (Lipinski definition) is 2. The predicted octanol–water partition coefficient (Wildman–Crippen LogP) is 4.22. The van der Waals surface area contributed by atoms with Crippen molar-refractivity contribution in [2.45, 2.75) is 60.7 Å². The summed E-state index contributed by atoms with van der Waals surface area (Å²) < 4.78 is 0.854. The van der Waals surface area contributed by atoms with Crippen molar-refractivity contribution in [3.63, 3.8) is 0 Å². The number of carbonyl (C=O) groups excluding carboxylic acids is 1. The number of amides is 1. The van der Waals surface area contributed by atoms with Crippen LogP contribution in [0.25, 0.3) is 0 Å². The number of carbonyl (C=O) groups is 1. The van der Waals surface area contributed by atoms with Crippen LogP contribution in [-0.4, -0.2) is 34.4 Å². The fourth-order valence-corrected chi connectivity index (χ4v) is 5.36. The maximum absolute atomic E-state index is 12.3. The van der Waals surface area contributed by atoms with Crippen molar-refractivity contribution in [1.29, 1.82) is 0 Å². The zero-order chi connectivity index (χ0) is 18.5. The Morgan fingerprint density at radius 1 is 1.15 bits per heavy atom. The van der Waals surface area contributed by atoms with Crippen LogP contribution < -0.4 is 10.6 Å². The summed E-state index contributed by atoms with van der Waals surface area (Å²) in [6, 6.07) is 11.0. The van der Waals surface area contributed by atoms with Crippen molar-refractivity contribution in [1.82, 2.24) is 15.5 Å². The Hall–Kier alpha value is -1.60. The molecule has 2 aromatic rings. The van der Waals surface area contributed by atoms with Crippen molar-refractivity contribution >= 4 is 34.1 Å². The highest BCUT2D eigenvalue weighted by atomic mass is 32.2. The van der Waals surface area contributed by atoms with E-state index in [0.717, 1.165) is 28.9 Å². The molecule has 0 atom stereocenters. The average Bonchev–Trinajstić information content (AvgIpc) is 3.39. The number of nitrogens with zero attached hydrogens (tertiary/aromatic N) is 2. The van der Waals surface area contributed by atoms with E-state index in [9.17, 15) is 4.79 Å². The molecule has 27 heavy (non-hydrogen) atoms. The van der Waals surface area contributed by atoms with Crippen molar-refractivity contribution in [3.05, 3.63) is 35.9 Å². The summed E-state index contributed by atoms with van der Waals surface area (Å²) in [5.41, 5.74) is 1.49. The lowest BCUT2D eigenvalue weighted by Crippen LogP contribution is -2.33. The molecule has 1 heterocycles. The summed E-state index contributed by atoms with van der Waals surface area (Å²) in [5.74, 6) is 0.460. The van der Waals surface area contributed by atoms with Crippen molar-refractivity contribution in [3.8, 4) is 0 Å². The second-order valence-electron chi connectivity index (χ2n) is 7.56. The van der Waals surface area contributed by atoms with Gasteiger partial charge in [0, 0.05) is 18.0 Å². The molecule has 0 aliphatic heterocycles. The van der Waals surface area contributed by atoms with Crippen LogP contribution in [0, 0.1) is 0 Å². The van der Waals surface area contributed by atoms with Crippen LogP contribution >= 0.6 is 23.1 Å². The maximum Gasteiger partial charge on any atom is 0.230 e. The van der Waals surface area contributed by atoms with Gasteiger partial charge in [-0.3, -0.25) is 4.79 Å². The van der Waals surface area contributed by atoms with Crippen LogP contribution in [0.2, 0.25) is 0 Å². The summed E-state index contributed by atoms with van der Waals surface area (Å²) >= 11 is 3.02. The zero-order valence-electron chi connectivity index (χ0n) is 15.4. The number of benzene rings is 1. The number of hydrogen-bond acceptors (Lipinski definition) is 6. The lowest BCUT2D eigenvalue weighted by atomic mass is 9.96. The summed E-state index contributed by atoms with van der Waals surface area (Å²) in [6.45, 7) is 0.723. The molecule has 0 unspecified atom stereocenters. The monoisotopic (exact) mass is 402 g/mol. The largest absolute Gasteiger partial charge is 0.357 e. The number of thioether (sulfide) groups is 1. The predicted molar refractivity (Wildman–Crippen MR) is 111 cm³/mol. The Labute approximate surface area is 168 Å². The molecule has 144 valence electrons. The first-order valence-corrected chi connectivity index (χ1v) is 11.6. The van der Waals surface area contributed by atoms with Gasteiger partial charge in [0.15, 0.2) is 4.34 Å². The van der Waals surface area contributed by atoms with Crippen LogP contribution in [0.4, 0.5) is 5.13 Å². The highest BCUT2D eigenvalue weighted by molar-refractivity contribution is 8.01. The highest BCUT2D eigenvalue weighted by Crippen LogP contribution is 2.47. The molecule has 2 fully saturated rings. The molecule has 0 radical (unpaired) electrons. The van der Waals surface area contributed by atoms with Gasteiger partial charge in [0.1, 0.15) is 0 Å². The van der Waals surface area contributed by atoms with Crippen LogP contribution in [0.3, 0.4) is 0 Å². The maximum atomic E-state index is 12.3. The van der Waals surface area contributed by atoms with Gasteiger partial charge in [0.2, 0.25) is 11.0 Å². The minimum atomic E-state index is 0.0687. The van der Waals surface area contributed by atoms with E-state index in [2.05, 4.69) is 45.1 Å². The van der Waals surface area contributed by atoms with Crippen LogP contribution in [-0.2, 0) is 10.2 Å². The molecule has 0 bridgehead atoms.